The van der Waals surface area contributed by atoms with Gasteiger partial charge in [-0.15, -0.1) is 0 Å². The van der Waals surface area contributed by atoms with E-state index in [1.807, 2.05) is 6.26 Å². The lowest BCUT2D eigenvalue weighted by Gasteiger charge is -2.19. The fourth-order valence-corrected chi connectivity index (χ4v) is 3.83. The normalized spacial score (nSPS) is 23.4. The summed E-state index contributed by atoms with van der Waals surface area (Å²) in [7, 11) is 0. The molecule has 1 heterocycles. The number of aryl methyl sites for hydroxylation is 1. The summed E-state index contributed by atoms with van der Waals surface area (Å²) < 4.78 is 5.10. The molecule has 0 aromatic carbocycles. The second-order valence-electron chi connectivity index (χ2n) is 6.72. The minimum Gasteiger partial charge on any atom is -0.472 e. The van der Waals surface area contributed by atoms with E-state index < -0.39 is 0 Å². The van der Waals surface area contributed by atoms with Gasteiger partial charge in [-0.25, -0.2) is 0 Å². The van der Waals surface area contributed by atoms with Crippen molar-refractivity contribution >= 4 is 5.71 Å². The highest BCUT2D eigenvalue weighted by atomic mass is 16.4. The van der Waals surface area contributed by atoms with Crippen molar-refractivity contribution in [3.8, 4) is 0 Å². The summed E-state index contributed by atoms with van der Waals surface area (Å²) in [6.45, 7) is 2.26. The molecular formula is C19H31NO2. The molecule has 124 valence electrons. The van der Waals surface area contributed by atoms with Crippen LogP contribution in [-0.4, -0.2) is 10.9 Å². The maximum absolute atomic E-state index is 9.23. The predicted molar refractivity (Wildman–Crippen MR) is 90.5 cm³/mol. The van der Waals surface area contributed by atoms with Crippen LogP contribution in [-0.2, 0) is 6.42 Å². The number of hydrogen-bond donors (Lipinski definition) is 1. The van der Waals surface area contributed by atoms with Gasteiger partial charge in [0.1, 0.15) is 0 Å². The molecular weight excluding hydrogens is 274 g/mol. The first-order chi connectivity index (χ1) is 10.8. The highest BCUT2D eigenvalue weighted by Crippen LogP contribution is 2.37. The van der Waals surface area contributed by atoms with Crippen LogP contribution in [0.1, 0.15) is 76.7 Å². The Morgan fingerprint density at radius 2 is 2.05 bits per heavy atom. The summed E-state index contributed by atoms with van der Waals surface area (Å²) in [4.78, 5) is 0. The Morgan fingerprint density at radius 3 is 2.77 bits per heavy atom. The van der Waals surface area contributed by atoms with Gasteiger partial charge in [-0.3, -0.25) is 0 Å². The SMILES string of the molecule is CCCCC[C@H]1CC/C(=N/O)[C@@H]1CCCCCc1ccoc1. The molecule has 22 heavy (non-hydrogen) atoms. The van der Waals surface area contributed by atoms with Crippen molar-refractivity contribution in [3.63, 3.8) is 0 Å². The van der Waals surface area contributed by atoms with Crippen molar-refractivity contribution in [3.05, 3.63) is 24.2 Å². The van der Waals surface area contributed by atoms with Gasteiger partial charge >= 0.3 is 0 Å². The summed E-state index contributed by atoms with van der Waals surface area (Å²) in [6, 6.07) is 2.05. The average molecular weight is 305 g/mol. The number of rotatable bonds is 10. The van der Waals surface area contributed by atoms with Crippen molar-refractivity contribution in [1.29, 1.82) is 0 Å². The van der Waals surface area contributed by atoms with Crippen LogP contribution in [0.5, 0.6) is 0 Å². The highest BCUT2D eigenvalue weighted by Gasteiger charge is 2.32. The van der Waals surface area contributed by atoms with E-state index in [4.69, 9.17) is 4.42 Å². The summed E-state index contributed by atoms with van der Waals surface area (Å²) >= 11 is 0. The highest BCUT2D eigenvalue weighted by molar-refractivity contribution is 5.88. The Labute approximate surface area is 134 Å². The molecule has 3 heteroatoms. The van der Waals surface area contributed by atoms with Crippen LogP contribution in [0.15, 0.2) is 28.2 Å². The van der Waals surface area contributed by atoms with E-state index in [1.165, 1.54) is 63.4 Å². The lowest BCUT2D eigenvalue weighted by Crippen LogP contribution is -2.15. The summed E-state index contributed by atoms with van der Waals surface area (Å²) in [6.07, 6.45) is 17.1. The molecule has 1 N–H and O–H groups in total. The minimum absolute atomic E-state index is 0.538. The van der Waals surface area contributed by atoms with Crippen LogP contribution >= 0.6 is 0 Å². The van der Waals surface area contributed by atoms with Gasteiger partial charge in [0.15, 0.2) is 0 Å². The van der Waals surface area contributed by atoms with E-state index in [0.29, 0.717) is 5.92 Å². The lowest BCUT2D eigenvalue weighted by atomic mass is 9.86. The third-order valence-electron chi connectivity index (χ3n) is 5.14. The Bertz CT molecular complexity index is 425. The van der Waals surface area contributed by atoms with Crippen LogP contribution in [0, 0.1) is 11.8 Å². The average Bonchev–Trinajstić information content (AvgIpc) is 3.17. The minimum atomic E-state index is 0.538. The number of unbranched alkanes of at least 4 members (excludes halogenated alkanes) is 4. The molecule has 0 saturated heterocycles. The molecule has 1 fully saturated rings. The zero-order chi connectivity index (χ0) is 15.6. The Kier molecular flexibility index (Phi) is 7.55. The zero-order valence-electron chi connectivity index (χ0n) is 14.0. The van der Waals surface area contributed by atoms with E-state index in [9.17, 15) is 5.21 Å². The number of hydrogen-bond acceptors (Lipinski definition) is 3. The smallest absolute Gasteiger partial charge is 0.0934 e. The monoisotopic (exact) mass is 305 g/mol. The van der Waals surface area contributed by atoms with Gasteiger partial charge in [-0.1, -0.05) is 44.2 Å². The predicted octanol–water partition coefficient (Wildman–Crippen LogP) is 5.82. The van der Waals surface area contributed by atoms with Crippen molar-refractivity contribution in [2.45, 2.75) is 77.6 Å². The molecule has 1 aromatic heterocycles. The third kappa shape index (κ3) is 5.19. The van der Waals surface area contributed by atoms with Crippen molar-refractivity contribution in [1.82, 2.24) is 0 Å². The molecule has 0 bridgehead atoms. The molecule has 0 unspecified atom stereocenters. The van der Waals surface area contributed by atoms with Gasteiger partial charge in [0.25, 0.3) is 0 Å². The second kappa shape index (κ2) is 9.70. The first-order valence-electron chi connectivity index (χ1n) is 9.07. The van der Waals surface area contributed by atoms with Gasteiger partial charge in [0.05, 0.1) is 18.2 Å². The number of nitrogens with zero attached hydrogens (tertiary/aromatic N) is 1. The van der Waals surface area contributed by atoms with Gasteiger partial charge in [-0.2, -0.15) is 0 Å². The van der Waals surface area contributed by atoms with Crippen LogP contribution in [0.25, 0.3) is 0 Å². The molecule has 1 aliphatic rings. The molecule has 0 aliphatic heterocycles. The Balaban J connectivity index is 1.68. The molecule has 0 radical (unpaired) electrons. The van der Waals surface area contributed by atoms with Crippen molar-refractivity contribution < 1.29 is 9.62 Å². The van der Waals surface area contributed by atoms with Crippen LogP contribution in [0.3, 0.4) is 0 Å². The molecule has 2 rings (SSSR count). The molecule has 2 atom stereocenters. The Morgan fingerprint density at radius 1 is 1.18 bits per heavy atom. The van der Waals surface area contributed by atoms with E-state index in [0.717, 1.165) is 24.5 Å². The fraction of sp³-hybridized carbons (Fsp3) is 0.737. The topological polar surface area (TPSA) is 45.7 Å². The van der Waals surface area contributed by atoms with E-state index in [2.05, 4.69) is 18.1 Å². The molecule has 0 spiro atoms. The first kappa shape index (κ1) is 17.1. The van der Waals surface area contributed by atoms with Crippen LogP contribution in [0.2, 0.25) is 0 Å². The quantitative estimate of drug-likeness (QED) is 0.336. The van der Waals surface area contributed by atoms with Gasteiger partial charge in [0, 0.05) is 5.92 Å². The second-order valence-corrected chi connectivity index (χ2v) is 6.72. The van der Waals surface area contributed by atoms with Gasteiger partial charge in [-0.05, 0) is 56.1 Å². The third-order valence-corrected chi connectivity index (χ3v) is 5.14. The van der Waals surface area contributed by atoms with E-state index in [1.54, 1.807) is 6.26 Å². The van der Waals surface area contributed by atoms with Crippen molar-refractivity contribution in [2.24, 2.45) is 17.0 Å². The van der Waals surface area contributed by atoms with E-state index >= 15 is 0 Å². The largest absolute Gasteiger partial charge is 0.472 e. The molecule has 0 amide bonds. The van der Waals surface area contributed by atoms with Crippen LogP contribution < -0.4 is 0 Å². The summed E-state index contributed by atoms with van der Waals surface area (Å²) in [5.41, 5.74) is 2.37. The van der Waals surface area contributed by atoms with Crippen LogP contribution in [0.4, 0.5) is 0 Å². The lowest BCUT2D eigenvalue weighted by molar-refractivity contribution is 0.308. The summed E-state index contributed by atoms with van der Waals surface area (Å²) in [5.74, 6) is 1.29. The first-order valence-corrected chi connectivity index (χ1v) is 9.07. The molecule has 1 saturated carbocycles. The zero-order valence-corrected chi connectivity index (χ0v) is 14.0. The van der Waals surface area contributed by atoms with Gasteiger partial charge in [0.2, 0.25) is 0 Å². The molecule has 1 aliphatic carbocycles. The maximum atomic E-state index is 9.23. The maximum Gasteiger partial charge on any atom is 0.0934 e. The van der Waals surface area contributed by atoms with Crippen molar-refractivity contribution in [2.75, 3.05) is 0 Å². The molecule has 3 nitrogen and oxygen atoms in total. The Hall–Kier alpha value is -1.25. The fourth-order valence-electron chi connectivity index (χ4n) is 3.83. The number of oxime groups is 1. The van der Waals surface area contributed by atoms with E-state index in [-0.39, 0.29) is 0 Å². The van der Waals surface area contributed by atoms with Gasteiger partial charge < -0.3 is 9.62 Å². The summed E-state index contributed by atoms with van der Waals surface area (Å²) in [5, 5.41) is 12.8. The standard InChI is InChI=1S/C19H31NO2/c1-2-3-5-9-17-11-12-19(20-21)18(17)10-7-4-6-8-16-13-14-22-15-16/h13-15,17-18,21H,2-12H2,1H3/b20-19-/t17-,18+/m0/s1. The number of furan rings is 1. The molecule has 1 aromatic rings.